The van der Waals surface area contributed by atoms with E-state index in [-0.39, 0.29) is 46.1 Å². The lowest BCUT2D eigenvalue weighted by Crippen LogP contribution is -2.41. The van der Waals surface area contributed by atoms with Crippen LogP contribution >= 0.6 is 0 Å². The molecule has 5 aromatic carbocycles. The minimum absolute atomic E-state index is 0.0132. The first-order valence-electron chi connectivity index (χ1n) is 30.1. The van der Waals surface area contributed by atoms with Gasteiger partial charge in [0.2, 0.25) is 0 Å². The summed E-state index contributed by atoms with van der Waals surface area (Å²) in [5, 5.41) is 0. The number of hydrogen-bond acceptors (Lipinski definition) is 4. The average molecular weight is 1050 g/mol. The molecule has 0 aromatic heterocycles. The molecule has 5 aromatic rings. The molecular weight excluding hydrogens is 952 g/mol. The Hall–Kier alpha value is -5.42. The van der Waals surface area contributed by atoms with Crippen LogP contribution in [0.2, 0.25) is 0 Å². The van der Waals surface area contributed by atoms with Gasteiger partial charge < -0.3 is 9.31 Å². The van der Waals surface area contributed by atoms with Gasteiger partial charge in [0, 0.05) is 32.8 Å². The zero-order valence-electron chi connectivity index (χ0n) is 51.0. The van der Waals surface area contributed by atoms with Crippen LogP contribution < -0.4 is 5.46 Å². The summed E-state index contributed by atoms with van der Waals surface area (Å²) in [4.78, 5) is 16.2. The van der Waals surface area contributed by atoms with Gasteiger partial charge in [-0.25, -0.2) is 0 Å². The Balaban J connectivity index is 0.000000240. The molecular formula is C73H95BO4. The molecule has 1 heterocycles. The van der Waals surface area contributed by atoms with E-state index in [1.165, 1.54) is 149 Å². The van der Waals surface area contributed by atoms with Crippen LogP contribution in [-0.2, 0) is 36.1 Å². The minimum atomic E-state index is -0.338. The summed E-state index contributed by atoms with van der Waals surface area (Å²) in [5.41, 5.74) is 17.9. The average Bonchev–Trinajstić information content (AvgIpc) is 3.74. The van der Waals surface area contributed by atoms with Gasteiger partial charge in [0.1, 0.15) is 0 Å². The summed E-state index contributed by atoms with van der Waals surface area (Å²) in [6.45, 7) is 33.6. The molecule has 2 saturated carbocycles. The highest BCUT2D eigenvalue weighted by atomic mass is 16.7. The molecule has 1 aliphatic heterocycles. The lowest BCUT2D eigenvalue weighted by molar-refractivity contribution is -0.191. The Bertz CT molecular complexity index is 2940. The molecule has 0 unspecified atom stereocenters. The van der Waals surface area contributed by atoms with Crippen LogP contribution in [0.4, 0.5) is 0 Å². The van der Waals surface area contributed by atoms with Gasteiger partial charge in [0.15, 0.2) is 0 Å². The van der Waals surface area contributed by atoms with Gasteiger partial charge in [0.05, 0.1) is 11.2 Å². The van der Waals surface area contributed by atoms with Crippen LogP contribution in [-0.4, -0.2) is 24.5 Å². The fourth-order valence-electron chi connectivity index (χ4n) is 12.8. The third-order valence-electron chi connectivity index (χ3n) is 19.2. The summed E-state index contributed by atoms with van der Waals surface area (Å²) in [5.74, 6) is 14.6. The van der Waals surface area contributed by atoms with E-state index >= 15 is 0 Å². The van der Waals surface area contributed by atoms with Gasteiger partial charge in [-0.05, 0) is 200 Å². The molecule has 4 nitrogen and oxygen atoms in total. The van der Waals surface area contributed by atoms with E-state index in [1.807, 2.05) is 0 Å². The molecule has 3 fully saturated rings. The van der Waals surface area contributed by atoms with Gasteiger partial charge in [-0.15, -0.1) is 0 Å². The van der Waals surface area contributed by atoms with Gasteiger partial charge in [-0.2, -0.15) is 9.59 Å². The zero-order valence-corrected chi connectivity index (χ0v) is 51.0. The Morgan fingerprint density at radius 1 is 0.462 bits per heavy atom. The third-order valence-corrected chi connectivity index (χ3v) is 19.2. The maximum absolute atomic E-state index is 8.12. The smallest absolute Gasteiger partial charge is 0.399 e. The maximum atomic E-state index is 8.12. The molecule has 0 bridgehead atoms. The van der Waals surface area contributed by atoms with E-state index in [1.54, 1.807) is 0 Å². The number of benzene rings is 5. The molecule has 1 saturated heterocycles. The van der Waals surface area contributed by atoms with Crippen LogP contribution in [0.3, 0.4) is 0 Å². The first kappa shape index (κ1) is 61.8. The van der Waals surface area contributed by atoms with Crippen LogP contribution in [0.1, 0.15) is 240 Å². The second-order valence-corrected chi connectivity index (χ2v) is 24.9. The fourth-order valence-corrected chi connectivity index (χ4v) is 12.8. The van der Waals surface area contributed by atoms with Gasteiger partial charge in [-0.3, -0.25) is 0 Å². The monoisotopic (exact) mass is 1050 g/mol. The maximum Gasteiger partial charge on any atom is 0.495 e. The summed E-state index contributed by atoms with van der Waals surface area (Å²) >= 11 is 0. The van der Waals surface area contributed by atoms with E-state index in [0.29, 0.717) is 0 Å². The molecule has 0 atom stereocenters. The van der Waals surface area contributed by atoms with Crippen LogP contribution in [0.5, 0.6) is 0 Å². The second-order valence-electron chi connectivity index (χ2n) is 24.9. The lowest BCUT2D eigenvalue weighted by Gasteiger charge is -2.34. The topological polar surface area (TPSA) is 52.6 Å². The first-order chi connectivity index (χ1) is 37.1. The Kier molecular flexibility index (Phi) is 21.1. The highest BCUT2D eigenvalue weighted by Crippen LogP contribution is 2.44. The molecule has 0 N–H and O–H groups in total. The Morgan fingerprint density at radius 2 is 0.821 bits per heavy atom. The summed E-state index contributed by atoms with van der Waals surface area (Å²) in [6.07, 6.45) is 21.2. The van der Waals surface area contributed by atoms with Crippen molar-refractivity contribution in [3.8, 4) is 34.8 Å². The van der Waals surface area contributed by atoms with E-state index in [0.717, 1.165) is 37.6 Å². The summed E-state index contributed by atoms with van der Waals surface area (Å²) < 4.78 is 12.7. The molecule has 2 aliphatic carbocycles. The number of rotatable bonds is 11. The fraction of sp³-hybridized carbons (Fsp3) is 0.521. The summed E-state index contributed by atoms with van der Waals surface area (Å²) in [7, 11) is -0.331. The second kappa shape index (κ2) is 26.7. The Labute approximate surface area is 474 Å². The number of carbonyl (C=O) groups excluding carboxylic acids is 2. The van der Waals surface area contributed by atoms with Gasteiger partial charge in [0.25, 0.3) is 0 Å². The third kappa shape index (κ3) is 14.1. The van der Waals surface area contributed by atoms with Gasteiger partial charge >= 0.3 is 13.3 Å². The van der Waals surface area contributed by atoms with Crippen LogP contribution in [0.25, 0.3) is 11.1 Å². The number of hydrogen-bond donors (Lipinski definition) is 0. The molecule has 78 heavy (non-hydrogen) atoms. The molecule has 0 radical (unpaired) electrons. The van der Waals surface area contributed by atoms with E-state index in [2.05, 4.69) is 225 Å². The lowest BCUT2D eigenvalue weighted by atomic mass is 9.68. The normalized spacial score (nSPS) is 17.4. The van der Waals surface area contributed by atoms with Crippen molar-refractivity contribution in [2.45, 2.75) is 235 Å². The van der Waals surface area contributed by atoms with Crippen molar-refractivity contribution in [2.24, 2.45) is 10.8 Å². The largest absolute Gasteiger partial charge is 0.495 e. The van der Waals surface area contributed by atoms with Crippen molar-refractivity contribution in [3.05, 3.63) is 158 Å². The van der Waals surface area contributed by atoms with Crippen LogP contribution in [0, 0.1) is 62.2 Å². The van der Waals surface area contributed by atoms with Crippen molar-refractivity contribution in [2.75, 3.05) is 0 Å². The van der Waals surface area contributed by atoms with Gasteiger partial charge in [-0.1, -0.05) is 200 Å². The highest BCUT2D eigenvalue weighted by molar-refractivity contribution is 6.62. The molecule has 0 spiro atoms. The van der Waals surface area contributed by atoms with E-state index < -0.39 is 0 Å². The first-order valence-corrected chi connectivity index (χ1v) is 30.1. The molecule has 3 aliphatic rings. The van der Waals surface area contributed by atoms with Crippen molar-refractivity contribution >= 4 is 18.7 Å². The van der Waals surface area contributed by atoms with Crippen molar-refractivity contribution < 1.29 is 18.9 Å². The van der Waals surface area contributed by atoms with Crippen LogP contribution in [0.15, 0.2) is 97.1 Å². The Morgan fingerprint density at radius 3 is 1.17 bits per heavy atom. The van der Waals surface area contributed by atoms with E-state index in [9.17, 15) is 0 Å². The molecule has 414 valence electrons. The molecule has 0 amide bonds. The minimum Gasteiger partial charge on any atom is -0.399 e. The zero-order chi connectivity index (χ0) is 56.9. The molecule has 8 rings (SSSR count). The number of aryl methyl sites for hydroxylation is 5. The van der Waals surface area contributed by atoms with E-state index in [4.69, 9.17) is 18.9 Å². The highest BCUT2D eigenvalue weighted by Gasteiger charge is 2.52. The predicted molar refractivity (Wildman–Crippen MR) is 328 cm³/mol. The SMILES string of the molecule is CCC(CC)(c1ccc(C#CC2(C)CCCCCC2)c(C)c1)c1ccc(B2OC(C)(C)C(C)(C)O2)c(C)c1.CCc1ccc(-c2ccc(C(CC)(CC)c3ccc(C#CC4(C)CCCCCC4)c(C)c3)cc2C)cc1.O=C=O. The molecule has 5 heteroatoms. The standard InChI is InChI=1S/C37H46.C35H49BO2.CO2/c1-7-30-14-16-32(17-15-30)35-21-20-34(27-29(35)5)37(8-2,9-3)33-19-18-31(28(4)26-33)22-25-36(6)23-12-10-11-13-24-36;1-10-35(11-2,30-18-19-31(27(4)25-30)36-37-32(5,6)33(7,8)38-36)29-17-16-28(26(3)24-29)20-23-34(9)21-14-12-13-15-22-34;2-1-3/h14-21,26-27H,7-13,23-24H2,1-6H3;16-19,24-25H,10-15,21-22H2,1-9H3;. The quantitative estimate of drug-likeness (QED) is 0.0751. The van der Waals surface area contributed by atoms with Crippen molar-refractivity contribution in [1.82, 2.24) is 0 Å². The van der Waals surface area contributed by atoms with Crippen molar-refractivity contribution in [3.63, 3.8) is 0 Å². The van der Waals surface area contributed by atoms with Crippen molar-refractivity contribution in [1.29, 1.82) is 0 Å². The summed E-state index contributed by atoms with van der Waals surface area (Å²) in [6, 6.07) is 37.1. The predicted octanol–water partition coefficient (Wildman–Crippen LogP) is 18.2.